The van der Waals surface area contributed by atoms with Crippen LogP contribution in [0.1, 0.15) is 13.3 Å². The highest BCUT2D eigenvalue weighted by Crippen LogP contribution is 2.58. The van der Waals surface area contributed by atoms with Crippen LogP contribution >= 0.6 is 0 Å². The predicted octanol–water partition coefficient (Wildman–Crippen LogP) is -5.59. The second-order valence-electron chi connectivity index (χ2n) is 5.70. The molecule has 23 heavy (non-hydrogen) atoms. The molecule has 132 valence electrons. The zero-order valence-electron chi connectivity index (χ0n) is 11.8. The van der Waals surface area contributed by atoms with Crippen molar-refractivity contribution in [3.05, 3.63) is 23.3 Å². The SMILES string of the molecule is CCC1=CC=C2C(O)(O)C(O)(O)C(O)(O)C(O)(O)C2(O)C1(O)O. The van der Waals surface area contributed by atoms with E-state index >= 15 is 0 Å². The van der Waals surface area contributed by atoms with Gasteiger partial charge in [-0.3, -0.25) is 0 Å². The van der Waals surface area contributed by atoms with Crippen LogP contribution in [0.4, 0.5) is 0 Å². The molecule has 0 heterocycles. The maximum absolute atomic E-state index is 10.5. The van der Waals surface area contributed by atoms with Crippen LogP contribution in [0.2, 0.25) is 0 Å². The van der Waals surface area contributed by atoms with Crippen molar-refractivity contribution in [1.82, 2.24) is 0 Å². The molecule has 2 aliphatic rings. The van der Waals surface area contributed by atoms with Gasteiger partial charge in [-0.1, -0.05) is 19.1 Å². The molecule has 11 heteroatoms. The number of allylic oxidation sites excluding steroid dienone is 2. The molecule has 0 aromatic heterocycles. The van der Waals surface area contributed by atoms with E-state index in [9.17, 15) is 56.2 Å². The Morgan fingerprint density at radius 3 is 1.57 bits per heavy atom. The molecule has 2 rings (SSSR count). The van der Waals surface area contributed by atoms with Crippen molar-refractivity contribution >= 4 is 0 Å². The van der Waals surface area contributed by atoms with Crippen LogP contribution in [0.3, 0.4) is 0 Å². The fourth-order valence-electron chi connectivity index (χ4n) is 2.93. The minimum Gasteiger partial charge on any atom is -0.375 e. The summed E-state index contributed by atoms with van der Waals surface area (Å²) in [6.45, 7) is 1.37. The van der Waals surface area contributed by atoms with E-state index in [1.165, 1.54) is 6.92 Å². The Hall–Kier alpha value is -0.960. The lowest BCUT2D eigenvalue weighted by Gasteiger charge is -2.62. The Labute approximate surface area is 128 Å². The van der Waals surface area contributed by atoms with Crippen molar-refractivity contribution < 1.29 is 56.2 Å². The highest BCUT2D eigenvalue weighted by molar-refractivity contribution is 5.49. The lowest BCUT2D eigenvalue weighted by molar-refractivity contribution is -0.551. The summed E-state index contributed by atoms with van der Waals surface area (Å²) in [6, 6.07) is 0. The quantitative estimate of drug-likeness (QED) is 0.202. The monoisotopic (exact) mass is 338 g/mol. The van der Waals surface area contributed by atoms with Crippen molar-refractivity contribution in [1.29, 1.82) is 0 Å². The summed E-state index contributed by atoms with van der Waals surface area (Å²) in [4.78, 5) is 0. The van der Waals surface area contributed by atoms with Crippen molar-refractivity contribution in [2.75, 3.05) is 0 Å². The number of hydrogen-bond donors (Lipinski definition) is 11. The molecule has 0 aromatic rings. The van der Waals surface area contributed by atoms with Gasteiger partial charge in [0.1, 0.15) is 0 Å². The second-order valence-corrected chi connectivity index (χ2v) is 5.70. The molecule has 0 spiro atoms. The first-order chi connectivity index (χ1) is 10.0. The average molecular weight is 338 g/mol. The first kappa shape index (κ1) is 18.4. The van der Waals surface area contributed by atoms with Gasteiger partial charge in [-0.25, -0.2) is 0 Å². The molecule has 2 aliphatic carbocycles. The van der Waals surface area contributed by atoms with Crippen LogP contribution in [0.5, 0.6) is 0 Å². The molecule has 0 amide bonds. The molecule has 1 atom stereocenters. The summed E-state index contributed by atoms with van der Waals surface area (Å²) in [6.07, 6.45) is 1.21. The van der Waals surface area contributed by atoms with Crippen LogP contribution < -0.4 is 0 Å². The first-order valence-corrected chi connectivity index (χ1v) is 6.43. The summed E-state index contributed by atoms with van der Waals surface area (Å²) in [5.74, 6) is -21.2. The van der Waals surface area contributed by atoms with Gasteiger partial charge in [-0.2, -0.15) is 0 Å². The standard InChI is InChI=1S/C12H18O11/c1-2-5-3-4-6-7(13,8(5,14)15)10(18,19)12(22,23)11(20,21)9(6,16)17/h3-4,13-23H,2H2,1H3. The molecule has 11 nitrogen and oxygen atoms in total. The molecular weight excluding hydrogens is 320 g/mol. The summed E-state index contributed by atoms with van der Waals surface area (Å²) >= 11 is 0. The van der Waals surface area contributed by atoms with Crippen LogP contribution in [0, 0.1) is 0 Å². The van der Waals surface area contributed by atoms with E-state index in [-0.39, 0.29) is 6.42 Å². The third-order valence-corrected chi connectivity index (χ3v) is 4.51. The Bertz CT molecular complexity index is 598. The van der Waals surface area contributed by atoms with Crippen LogP contribution in [-0.2, 0) is 0 Å². The van der Waals surface area contributed by atoms with Gasteiger partial charge in [-0.05, 0) is 12.0 Å². The molecule has 0 bridgehead atoms. The van der Waals surface area contributed by atoms with Gasteiger partial charge in [0.2, 0.25) is 11.4 Å². The van der Waals surface area contributed by atoms with Gasteiger partial charge in [0.15, 0.2) is 0 Å². The molecule has 0 aliphatic heterocycles. The van der Waals surface area contributed by atoms with Gasteiger partial charge in [-0.15, -0.1) is 0 Å². The fourth-order valence-corrected chi connectivity index (χ4v) is 2.93. The minimum absolute atomic E-state index is 0.188. The largest absolute Gasteiger partial charge is 0.375 e. The van der Waals surface area contributed by atoms with E-state index in [1.807, 2.05) is 0 Å². The van der Waals surface area contributed by atoms with Crippen LogP contribution in [0.15, 0.2) is 23.3 Å². The molecule has 11 N–H and O–H groups in total. The van der Waals surface area contributed by atoms with E-state index in [4.69, 9.17) is 0 Å². The van der Waals surface area contributed by atoms with Gasteiger partial charge in [0, 0.05) is 5.57 Å². The zero-order chi connectivity index (χ0) is 18.3. The number of aliphatic hydroxyl groups is 11. The van der Waals surface area contributed by atoms with Crippen molar-refractivity contribution in [2.24, 2.45) is 0 Å². The maximum Gasteiger partial charge on any atom is 0.284 e. The smallest absolute Gasteiger partial charge is 0.284 e. The average Bonchev–Trinajstić information content (AvgIpc) is 2.39. The summed E-state index contributed by atoms with van der Waals surface area (Å²) < 4.78 is 0. The van der Waals surface area contributed by atoms with Crippen molar-refractivity contribution in [2.45, 2.75) is 47.9 Å². The van der Waals surface area contributed by atoms with E-state index in [1.54, 1.807) is 0 Å². The molecule has 1 unspecified atom stereocenters. The molecule has 0 radical (unpaired) electrons. The highest BCUT2D eigenvalue weighted by Gasteiger charge is 2.87. The van der Waals surface area contributed by atoms with E-state index < -0.39 is 45.7 Å². The van der Waals surface area contributed by atoms with E-state index in [0.717, 1.165) is 6.08 Å². The molecule has 1 fully saturated rings. The molecular formula is C12H18O11. The topological polar surface area (TPSA) is 223 Å². The first-order valence-electron chi connectivity index (χ1n) is 6.43. The Morgan fingerprint density at radius 1 is 0.652 bits per heavy atom. The number of hydrogen-bond acceptors (Lipinski definition) is 11. The van der Waals surface area contributed by atoms with Crippen LogP contribution in [0.25, 0.3) is 0 Å². The normalized spacial score (nSPS) is 35.8. The van der Waals surface area contributed by atoms with Gasteiger partial charge < -0.3 is 56.2 Å². The Balaban J connectivity index is 2.94. The van der Waals surface area contributed by atoms with E-state index in [0.29, 0.717) is 6.08 Å². The number of fused-ring (bicyclic) bond motifs is 1. The third-order valence-electron chi connectivity index (χ3n) is 4.51. The lowest BCUT2D eigenvalue weighted by Crippen LogP contribution is -2.91. The summed E-state index contributed by atoms with van der Waals surface area (Å²) in [5, 5.41) is 109. The van der Waals surface area contributed by atoms with Gasteiger partial charge >= 0.3 is 0 Å². The van der Waals surface area contributed by atoms with Crippen molar-refractivity contribution in [3.8, 4) is 0 Å². The molecule has 0 aromatic carbocycles. The lowest BCUT2D eigenvalue weighted by atomic mass is 9.59. The zero-order valence-corrected chi connectivity index (χ0v) is 11.8. The molecule has 1 saturated carbocycles. The summed E-state index contributed by atoms with van der Waals surface area (Å²) in [7, 11) is 0. The highest BCUT2D eigenvalue weighted by atomic mass is 16.7. The Morgan fingerprint density at radius 2 is 1.13 bits per heavy atom. The minimum atomic E-state index is -4.62. The fraction of sp³-hybridized carbons (Fsp3) is 0.667. The number of rotatable bonds is 1. The van der Waals surface area contributed by atoms with Crippen molar-refractivity contribution in [3.63, 3.8) is 0 Å². The third kappa shape index (κ3) is 1.60. The summed E-state index contributed by atoms with van der Waals surface area (Å²) in [5.41, 5.74) is -5.91. The molecule has 0 saturated heterocycles. The predicted molar refractivity (Wildman–Crippen MR) is 67.2 cm³/mol. The second kappa shape index (κ2) is 4.36. The van der Waals surface area contributed by atoms with E-state index in [2.05, 4.69) is 0 Å². The van der Waals surface area contributed by atoms with Gasteiger partial charge in [0.05, 0.1) is 0 Å². The van der Waals surface area contributed by atoms with Gasteiger partial charge in [0.25, 0.3) is 23.1 Å². The maximum atomic E-state index is 10.5. The Kier molecular flexibility index (Phi) is 3.48. The van der Waals surface area contributed by atoms with Crippen LogP contribution in [-0.4, -0.2) is 90.7 Å².